The van der Waals surface area contributed by atoms with Crippen LogP contribution in [0.2, 0.25) is 0 Å². The Morgan fingerprint density at radius 1 is 1.25 bits per heavy atom. The zero-order valence-electron chi connectivity index (χ0n) is 22.6. The fourth-order valence-electron chi connectivity index (χ4n) is 4.53. The van der Waals surface area contributed by atoms with Crippen LogP contribution in [0.3, 0.4) is 0 Å². The summed E-state index contributed by atoms with van der Waals surface area (Å²) in [5.74, 6) is -0.190. The van der Waals surface area contributed by atoms with E-state index in [1.165, 1.54) is 17.3 Å². The van der Waals surface area contributed by atoms with Crippen LogP contribution in [0.4, 0.5) is 4.79 Å². The minimum atomic E-state index is -0.945. The van der Waals surface area contributed by atoms with Gasteiger partial charge in [0.05, 0.1) is 12.3 Å². The molecule has 1 amide bonds. The number of ether oxygens (including phenoxy) is 2. The number of nitrogens with one attached hydrogen (secondary N) is 1. The maximum atomic E-state index is 12.8. The lowest BCUT2D eigenvalue weighted by Crippen LogP contribution is -2.55. The number of allylic oxidation sites excluding steroid dienone is 3. The van der Waals surface area contributed by atoms with Crippen molar-refractivity contribution in [2.75, 3.05) is 19.5 Å². The number of benzene rings is 1. The van der Waals surface area contributed by atoms with Gasteiger partial charge in [-0.1, -0.05) is 87.0 Å². The summed E-state index contributed by atoms with van der Waals surface area (Å²) in [5, 5.41) is 3.17. The highest BCUT2D eigenvalue weighted by Gasteiger charge is 2.52. The third-order valence-electron chi connectivity index (χ3n) is 6.42. The highest BCUT2D eigenvalue weighted by molar-refractivity contribution is 8.27. The summed E-state index contributed by atoms with van der Waals surface area (Å²) in [5.41, 5.74) is 2.26. The van der Waals surface area contributed by atoms with E-state index < -0.39 is 13.7 Å². The molecule has 7 heteroatoms. The van der Waals surface area contributed by atoms with Crippen molar-refractivity contribution in [1.82, 2.24) is 5.32 Å². The van der Waals surface area contributed by atoms with E-state index in [1.54, 1.807) is 13.2 Å². The second-order valence-corrected chi connectivity index (χ2v) is 12.6. The van der Waals surface area contributed by atoms with Crippen molar-refractivity contribution in [3.8, 4) is 0 Å². The average molecular weight is 534 g/mol. The SMILES string of the molecule is CC.CCC/C=C\CC/C(C)=C\C(=O)NC1CCOC(OC)(C2CSC(=O)P2Cc2ccccc2)C1. The Hall–Kier alpha value is -1.46. The number of carbonyl (C=O) groups is 2. The third-order valence-corrected chi connectivity index (χ3v) is 11.0. The lowest BCUT2D eigenvalue weighted by molar-refractivity contribution is -0.244. The van der Waals surface area contributed by atoms with Crippen LogP contribution in [0.1, 0.15) is 71.8 Å². The van der Waals surface area contributed by atoms with Crippen LogP contribution in [-0.4, -0.2) is 47.7 Å². The Morgan fingerprint density at radius 3 is 2.67 bits per heavy atom. The highest BCUT2D eigenvalue weighted by atomic mass is 32.2. The molecule has 0 saturated carbocycles. The van der Waals surface area contributed by atoms with Crippen LogP contribution in [0.5, 0.6) is 0 Å². The molecule has 2 fully saturated rings. The molecule has 2 aliphatic heterocycles. The number of carbonyl (C=O) groups excluding carboxylic acids is 2. The monoisotopic (exact) mass is 533 g/mol. The van der Waals surface area contributed by atoms with Gasteiger partial charge in [0, 0.05) is 37.6 Å². The largest absolute Gasteiger partial charge is 0.352 e. The molecule has 36 heavy (non-hydrogen) atoms. The quantitative estimate of drug-likeness (QED) is 0.180. The molecule has 4 atom stereocenters. The molecule has 1 aromatic rings. The molecule has 5 nitrogen and oxygen atoms in total. The normalized spacial score (nSPS) is 26.5. The molecule has 4 unspecified atom stereocenters. The van der Waals surface area contributed by atoms with Crippen LogP contribution in [0, 0.1) is 0 Å². The minimum absolute atomic E-state index is 0.0112. The minimum Gasteiger partial charge on any atom is -0.352 e. The van der Waals surface area contributed by atoms with Crippen molar-refractivity contribution >= 4 is 30.4 Å². The first-order valence-electron chi connectivity index (χ1n) is 13.3. The first-order valence-corrected chi connectivity index (χ1v) is 15.8. The smallest absolute Gasteiger partial charge is 0.244 e. The van der Waals surface area contributed by atoms with Gasteiger partial charge in [0.15, 0.2) is 5.79 Å². The maximum Gasteiger partial charge on any atom is 0.244 e. The van der Waals surface area contributed by atoms with Crippen LogP contribution < -0.4 is 5.32 Å². The molecule has 2 saturated heterocycles. The number of hydrogen-bond acceptors (Lipinski definition) is 5. The number of hydrogen-bond donors (Lipinski definition) is 1. The standard InChI is InChI=1S/C27H38NO4PS.C2H6/c1-4-5-6-7-9-12-21(2)17-25(29)28-23-15-16-32-27(18-23,31-3)24-20-34-26(30)33(24)19-22-13-10-8-11-14-22;1-2/h6-8,10-11,13-14,17,23-24H,4-5,9,12,15-16,18-20H2,1-3H3,(H,28,29);1-2H3/b7-6-,21-17-;. The summed E-state index contributed by atoms with van der Waals surface area (Å²) in [7, 11) is 0.725. The predicted octanol–water partition coefficient (Wildman–Crippen LogP) is 7.65. The van der Waals surface area contributed by atoms with Crippen molar-refractivity contribution in [2.45, 2.75) is 89.9 Å². The van der Waals surface area contributed by atoms with E-state index in [1.807, 2.05) is 39.0 Å². The van der Waals surface area contributed by atoms with E-state index in [-0.39, 0.29) is 22.5 Å². The van der Waals surface area contributed by atoms with Gasteiger partial charge in [-0.25, -0.2) is 0 Å². The molecule has 2 aliphatic rings. The molecule has 0 radical (unpaired) electrons. The van der Waals surface area contributed by atoms with Crippen LogP contribution in [-0.2, 0) is 20.4 Å². The van der Waals surface area contributed by atoms with Gasteiger partial charge in [0.25, 0.3) is 0 Å². The summed E-state index contributed by atoms with van der Waals surface area (Å²) >= 11 is 1.40. The third kappa shape index (κ3) is 9.13. The van der Waals surface area contributed by atoms with Crippen molar-refractivity contribution < 1.29 is 19.1 Å². The summed E-state index contributed by atoms with van der Waals surface area (Å²) in [6, 6.07) is 10.1. The second kappa shape index (κ2) is 16.4. The summed E-state index contributed by atoms with van der Waals surface area (Å²) in [6.45, 7) is 8.69. The van der Waals surface area contributed by atoms with Gasteiger partial charge in [0.2, 0.25) is 10.8 Å². The number of amides is 1. The van der Waals surface area contributed by atoms with Gasteiger partial charge >= 0.3 is 0 Å². The zero-order valence-corrected chi connectivity index (χ0v) is 24.3. The van der Waals surface area contributed by atoms with Gasteiger partial charge in [-0.3, -0.25) is 9.59 Å². The topological polar surface area (TPSA) is 64.6 Å². The van der Waals surface area contributed by atoms with E-state index in [2.05, 4.69) is 36.5 Å². The molecule has 2 heterocycles. The fraction of sp³-hybridized carbons (Fsp3) is 0.586. The molecule has 0 bridgehead atoms. The Balaban J connectivity index is 0.00000222. The van der Waals surface area contributed by atoms with E-state index in [4.69, 9.17) is 9.47 Å². The van der Waals surface area contributed by atoms with Gasteiger partial charge in [-0.05, 0) is 46.1 Å². The lowest BCUT2D eigenvalue weighted by atomic mass is 9.97. The van der Waals surface area contributed by atoms with Gasteiger partial charge in [-0.15, -0.1) is 0 Å². The summed E-state index contributed by atoms with van der Waals surface area (Å²) in [4.78, 5) is 25.8. The number of unbranched alkanes of at least 4 members (excludes halogenated alkanes) is 1. The Morgan fingerprint density at radius 2 is 1.97 bits per heavy atom. The van der Waals surface area contributed by atoms with Crippen molar-refractivity contribution in [3.05, 3.63) is 59.7 Å². The first-order chi connectivity index (χ1) is 17.5. The number of thioether (sulfide) groups is 1. The second-order valence-electron chi connectivity index (χ2n) is 9.06. The molecular weight excluding hydrogens is 489 g/mol. The Bertz CT molecular complexity index is 875. The predicted molar refractivity (Wildman–Crippen MR) is 154 cm³/mol. The van der Waals surface area contributed by atoms with Crippen molar-refractivity contribution in [1.29, 1.82) is 0 Å². The van der Waals surface area contributed by atoms with Gasteiger partial charge < -0.3 is 14.8 Å². The van der Waals surface area contributed by atoms with Crippen LogP contribution in [0.15, 0.2) is 54.1 Å². The van der Waals surface area contributed by atoms with E-state index >= 15 is 0 Å². The highest BCUT2D eigenvalue weighted by Crippen LogP contribution is 2.61. The van der Waals surface area contributed by atoms with Crippen molar-refractivity contribution in [3.63, 3.8) is 0 Å². The molecule has 1 aromatic carbocycles. The molecule has 200 valence electrons. The molecule has 1 N–H and O–H groups in total. The fourth-order valence-corrected chi connectivity index (χ4v) is 9.46. The molecule has 3 rings (SSSR count). The molecule has 0 aliphatic carbocycles. The van der Waals surface area contributed by atoms with Crippen LogP contribution >= 0.6 is 19.7 Å². The Labute approximate surface area is 223 Å². The van der Waals surface area contributed by atoms with E-state index in [0.717, 1.165) is 43.8 Å². The number of rotatable bonds is 11. The first kappa shape index (κ1) is 30.8. The zero-order chi connectivity index (χ0) is 26.4. The molecule has 0 spiro atoms. The summed E-state index contributed by atoms with van der Waals surface area (Å²) in [6.07, 6.45) is 12.3. The van der Waals surface area contributed by atoms with E-state index in [0.29, 0.717) is 18.8 Å². The van der Waals surface area contributed by atoms with Gasteiger partial charge in [0.1, 0.15) is 0 Å². The lowest BCUT2D eigenvalue weighted by Gasteiger charge is -2.44. The molecule has 0 aromatic heterocycles. The van der Waals surface area contributed by atoms with E-state index in [9.17, 15) is 9.59 Å². The van der Waals surface area contributed by atoms with Crippen molar-refractivity contribution in [2.24, 2.45) is 0 Å². The van der Waals surface area contributed by atoms with Gasteiger partial charge in [-0.2, -0.15) is 0 Å². The van der Waals surface area contributed by atoms with Crippen LogP contribution in [0.25, 0.3) is 0 Å². The summed E-state index contributed by atoms with van der Waals surface area (Å²) < 4.78 is 12.3. The maximum absolute atomic E-state index is 12.8. The number of methoxy groups -OCH3 is 1. The molecular formula is C29H44NO4PS. The Kier molecular flexibility index (Phi) is 14.0. The average Bonchev–Trinajstić information content (AvgIpc) is 3.26.